The highest BCUT2D eigenvalue weighted by atomic mass is 16.5. The van der Waals surface area contributed by atoms with E-state index in [1.807, 2.05) is 12.1 Å². The molecule has 22 heavy (non-hydrogen) atoms. The van der Waals surface area contributed by atoms with Gasteiger partial charge in [-0.1, -0.05) is 0 Å². The van der Waals surface area contributed by atoms with E-state index < -0.39 is 0 Å². The summed E-state index contributed by atoms with van der Waals surface area (Å²) < 4.78 is 10.5. The van der Waals surface area contributed by atoms with E-state index in [-0.39, 0.29) is 22.7 Å². The fourth-order valence-corrected chi connectivity index (χ4v) is 2.02. The summed E-state index contributed by atoms with van der Waals surface area (Å²) in [6, 6.07) is 7.03. The zero-order chi connectivity index (χ0) is 15.7. The molecule has 8 nitrogen and oxygen atoms in total. The lowest BCUT2D eigenvalue weighted by atomic mass is 10.2. The second-order valence-corrected chi connectivity index (χ2v) is 4.18. The number of hydrogen-bond donors (Lipinski definition) is 0. The van der Waals surface area contributed by atoms with Crippen LogP contribution in [0.3, 0.4) is 0 Å². The Kier molecular flexibility index (Phi) is 3.13. The van der Waals surface area contributed by atoms with Crippen LogP contribution in [0.4, 0.5) is 0 Å². The number of fused-ring (bicyclic) bond motifs is 2. The first-order valence-electron chi connectivity index (χ1n) is 6.12. The van der Waals surface area contributed by atoms with Crippen molar-refractivity contribution in [1.82, 2.24) is 19.9 Å². The molecule has 3 aromatic rings. The molecule has 3 rings (SSSR count). The normalized spacial score (nSPS) is 10.2. The first-order valence-corrected chi connectivity index (χ1v) is 6.12. The van der Waals surface area contributed by atoms with Gasteiger partial charge in [-0.15, -0.1) is 0 Å². The molecule has 0 aliphatic carbocycles. The van der Waals surface area contributed by atoms with Crippen LogP contribution in [0.15, 0.2) is 12.1 Å². The van der Waals surface area contributed by atoms with Crippen LogP contribution in [0.2, 0.25) is 0 Å². The van der Waals surface area contributed by atoms with Crippen molar-refractivity contribution in [3.05, 3.63) is 23.5 Å². The molecule has 0 aliphatic rings. The minimum atomic E-state index is -0.0921. The maximum absolute atomic E-state index is 9.01. The van der Waals surface area contributed by atoms with E-state index >= 15 is 0 Å². The molecular weight excluding hydrogens is 284 g/mol. The van der Waals surface area contributed by atoms with Crippen LogP contribution in [0, 0.1) is 22.7 Å². The van der Waals surface area contributed by atoms with E-state index in [9.17, 15) is 0 Å². The Morgan fingerprint density at radius 1 is 0.773 bits per heavy atom. The zero-order valence-corrected chi connectivity index (χ0v) is 11.7. The summed E-state index contributed by atoms with van der Waals surface area (Å²) in [5, 5.41) is 18.0. The first kappa shape index (κ1) is 13.5. The Bertz CT molecular complexity index is 907. The first-order chi connectivity index (χ1) is 10.7. The third-order valence-electron chi connectivity index (χ3n) is 3.02. The molecule has 2 heterocycles. The fourth-order valence-electron chi connectivity index (χ4n) is 2.02. The van der Waals surface area contributed by atoms with E-state index in [0.29, 0.717) is 22.5 Å². The minimum Gasteiger partial charge on any atom is -0.494 e. The molecule has 0 saturated heterocycles. The highest BCUT2D eigenvalue weighted by molar-refractivity contribution is 5.91. The van der Waals surface area contributed by atoms with Gasteiger partial charge in [-0.05, 0) is 12.1 Å². The number of rotatable bonds is 2. The second kappa shape index (κ2) is 5.11. The van der Waals surface area contributed by atoms with Crippen molar-refractivity contribution in [3.8, 4) is 23.6 Å². The van der Waals surface area contributed by atoms with Gasteiger partial charge in [-0.3, -0.25) is 0 Å². The van der Waals surface area contributed by atoms with Crippen molar-refractivity contribution in [1.29, 1.82) is 10.5 Å². The smallest absolute Gasteiger partial charge is 0.199 e. The Morgan fingerprint density at radius 2 is 1.18 bits per heavy atom. The number of nitrogens with zero attached hydrogens (tertiary/aromatic N) is 6. The second-order valence-electron chi connectivity index (χ2n) is 4.18. The van der Waals surface area contributed by atoms with Gasteiger partial charge in [-0.25, -0.2) is 19.9 Å². The third-order valence-corrected chi connectivity index (χ3v) is 3.02. The predicted molar refractivity (Wildman–Crippen MR) is 75.2 cm³/mol. The van der Waals surface area contributed by atoms with E-state index in [1.165, 1.54) is 14.2 Å². The molecule has 0 amide bonds. The van der Waals surface area contributed by atoms with Gasteiger partial charge in [-0.2, -0.15) is 10.5 Å². The van der Waals surface area contributed by atoms with E-state index in [0.717, 1.165) is 0 Å². The number of ether oxygens (including phenoxy) is 2. The van der Waals surface area contributed by atoms with Gasteiger partial charge in [0, 0.05) is 0 Å². The van der Waals surface area contributed by atoms with Gasteiger partial charge in [0.05, 0.1) is 14.2 Å². The molecule has 0 aliphatic heterocycles. The lowest BCUT2D eigenvalue weighted by Gasteiger charge is -2.08. The Morgan fingerprint density at radius 3 is 1.50 bits per heavy atom. The number of nitriles is 2. The van der Waals surface area contributed by atoms with Crippen LogP contribution in [0.5, 0.6) is 11.5 Å². The van der Waals surface area contributed by atoms with Crippen LogP contribution < -0.4 is 9.47 Å². The Hall–Kier alpha value is -3.52. The van der Waals surface area contributed by atoms with Gasteiger partial charge < -0.3 is 9.47 Å². The van der Waals surface area contributed by atoms with Crippen LogP contribution >= 0.6 is 0 Å². The Labute approximate surface area is 124 Å². The lowest BCUT2D eigenvalue weighted by Crippen LogP contribution is -2.01. The van der Waals surface area contributed by atoms with E-state index in [2.05, 4.69) is 19.9 Å². The largest absolute Gasteiger partial charge is 0.494 e. The lowest BCUT2D eigenvalue weighted by molar-refractivity contribution is 0.409. The standard InChI is InChI=1S/C14H8N6O2/c1-21-9-3-4-10(22-2)12-11(9)19-13-14(20-12)18-8(6-16)7(5-15)17-13/h3-4H,1-2H3. The summed E-state index contributed by atoms with van der Waals surface area (Å²) in [6.07, 6.45) is 0. The summed E-state index contributed by atoms with van der Waals surface area (Å²) in [5.41, 5.74) is 1.02. The summed E-state index contributed by atoms with van der Waals surface area (Å²) >= 11 is 0. The molecule has 0 saturated carbocycles. The molecule has 0 unspecified atom stereocenters. The fraction of sp³-hybridized carbons (Fsp3) is 0.143. The molecule has 106 valence electrons. The maximum atomic E-state index is 9.01. The van der Waals surface area contributed by atoms with Gasteiger partial charge in [0.15, 0.2) is 22.7 Å². The molecule has 0 spiro atoms. The number of aromatic nitrogens is 4. The summed E-state index contributed by atoms with van der Waals surface area (Å²) in [7, 11) is 3.02. The Balaban J connectivity index is 2.46. The zero-order valence-electron chi connectivity index (χ0n) is 11.7. The van der Waals surface area contributed by atoms with E-state index in [1.54, 1.807) is 12.1 Å². The van der Waals surface area contributed by atoms with Crippen molar-refractivity contribution in [2.75, 3.05) is 14.2 Å². The van der Waals surface area contributed by atoms with Gasteiger partial charge >= 0.3 is 0 Å². The molecule has 0 fully saturated rings. The third kappa shape index (κ3) is 1.91. The van der Waals surface area contributed by atoms with Crippen LogP contribution in [-0.2, 0) is 0 Å². The van der Waals surface area contributed by atoms with Gasteiger partial charge in [0.2, 0.25) is 0 Å². The molecule has 0 N–H and O–H groups in total. The molecule has 0 bridgehead atoms. The van der Waals surface area contributed by atoms with Gasteiger partial charge in [0.1, 0.15) is 34.7 Å². The van der Waals surface area contributed by atoms with Crippen molar-refractivity contribution in [2.45, 2.75) is 0 Å². The number of methoxy groups -OCH3 is 2. The number of benzene rings is 1. The predicted octanol–water partition coefficient (Wildman–Crippen LogP) is 1.33. The maximum Gasteiger partial charge on any atom is 0.199 e. The van der Waals surface area contributed by atoms with E-state index in [4.69, 9.17) is 20.0 Å². The van der Waals surface area contributed by atoms with Crippen molar-refractivity contribution in [2.24, 2.45) is 0 Å². The van der Waals surface area contributed by atoms with Crippen LogP contribution in [0.25, 0.3) is 22.3 Å². The summed E-state index contributed by atoms with van der Waals surface area (Å²) in [5.74, 6) is 0.990. The highest BCUT2D eigenvalue weighted by Gasteiger charge is 2.15. The molecule has 8 heteroatoms. The van der Waals surface area contributed by atoms with Crippen LogP contribution in [-0.4, -0.2) is 34.2 Å². The van der Waals surface area contributed by atoms with Crippen molar-refractivity contribution >= 4 is 22.3 Å². The molecule has 1 aromatic carbocycles. The monoisotopic (exact) mass is 292 g/mol. The molecule has 0 atom stereocenters. The average molecular weight is 292 g/mol. The summed E-state index contributed by atoms with van der Waals surface area (Å²) in [4.78, 5) is 16.7. The van der Waals surface area contributed by atoms with Gasteiger partial charge in [0.25, 0.3) is 0 Å². The van der Waals surface area contributed by atoms with Crippen LogP contribution in [0.1, 0.15) is 11.4 Å². The molecular formula is C14H8N6O2. The average Bonchev–Trinajstić information content (AvgIpc) is 2.57. The quantitative estimate of drug-likeness (QED) is 0.649. The summed E-state index contributed by atoms with van der Waals surface area (Å²) in [6.45, 7) is 0. The highest BCUT2D eigenvalue weighted by Crippen LogP contribution is 2.31. The molecule has 0 radical (unpaired) electrons. The number of hydrogen-bond acceptors (Lipinski definition) is 8. The van der Waals surface area contributed by atoms with Crippen molar-refractivity contribution in [3.63, 3.8) is 0 Å². The van der Waals surface area contributed by atoms with Crippen molar-refractivity contribution < 1.29 is 9.47 Å². The molecule has 2 aromatic heterocycles. The SMILES string of the molecule is COc1ccc(OC)c2nc3nc(C#N)c(C#N)nc3nc12. The minimum absolute atomic E-state index is 0.0921. The topological polar surface area (TPSA) is 118 Å².